The van der Waals surface area contributed by atoms with Gasteiger partial charge in [0.2, 0.25) is 0 Å². The molecule has 0 aliphatic heterocycles. The minimum atomic E-state index is -0.331. The van der Waals surface area contributed by atoms with Gasteiger partial charge in [0.15, 0.2) is 0 Å². The van der Waals surface area contributed by atoms with Gasteiger partial charge in [-0.25, -0.2) is 9.59 Å². The molecule has 0 unspecified atom stereocenters. The first-order chi connectivity index (χ1) is 10.7. The van der Waals surface area contributed by atoms with Gasteiger partial charge in [-0.15, -0.1) is 0 Å². The minimum absolute atomic E-state index is 0.331. The smallest absolute Gasteiger partial charge is 0.330 e. The molecule has 0 saturated carbocycles. The van der Waals surface area contributed by atoms with Crippen LogP contribution in [0.4, 0.5) is 0 Å². The summed E-state index contributed by atoms with van der Waals surface area (Å²) in [7, 11) is 0. The molecule has 0 bridgehead atoms. The van der Waals surface area contributed by atoms with Crippen molar-refractivity contribution >= 4 is 11.9 Å². The molecule has 0 saturated heterocycles. The van der Waals surface area contributed by atoms with Crippen molar-refractivity contribution in [3.8, 4) is 0 Å². The number of ether oxygens (including phenoxy) is 2. The zero-order valence-electron chi connectivity index (χ0n) is 13.1. The zero-order chi connectivity index (χ0) is 16.2. The topological polar surface area (TPSA) is 52.6 Å². The van der Waals surface area contributed by atoms with Gasteiger partial charge < -0.3 is 9.47 Å². The van der Waals surface area contributed by atoms with Crippen LogP contribution in [-0.4, -0.2) is 25.2 Å². The van der Waals surface area contributed by atoms with Crippen LogP contribution in [0.3, 0.4) is 0 Å². The van der Waals surface area contributed by atoms with Gasteiger partial charge in [0.1, 0.15) is 0 Å². The van der Waals surface area contributed by atoms with Gasteiger partial charge in [0.25, 0.3) is 0 Å². The van der Waals surface area contributed by atoms with E-state index in [9.17, 15) is 9.59 Å². The van der Waals surface area contributed by atoms with Crippen LogP contribution in [-0.2, 0) is 31.9 Å². The van der Waals surface area contributed by atoms with Crippen LogP contribution in [0, 0.1) is 0 Å². The summed E-state index contributed by atoms with van der Waals surface area (Å²) in [4.78, 5) is 22.5. The fourth-order valence-corrected chi connectivity index (χ4v) is 1.90. The van der Waals surface area contributed by atoms with Crippen LogP contribution in [0.2, 0.25) is 0 Å². The Hall–Kier alpha value is -2.36. The van der Waals surface area contributed by atoms with Crippen LogP contribution in [0.15, 0.2) is 48.6 Å². The molecule has 1 aromatic carbocycles. The first kappa shape index (κ1) is 17.7. The molecule has 0 radical (unpaired) electrons. The molecule has 118 valence electrons. The van der Waals surface area contributed by atoms with Crippen molar-refractivity contribution in [2.24, 2.45) is 0 Å². The van der Waals surface area contributed by atoms with E-state index in [1.165, 1.54) is 12.2 Å². The van der Waals surface area contributed by atoms with E-state index in [-0.39, 0.29) is 11.9 Å². The average molecular weight is 302 g/mol. The Morgan fingerprint density at radius 2 is 1.27 bits per heavy atom. The number of hydrogen-bond donors (Lipinski definition) is 0. The molecule has 0 fully saturated rings. The molecule has 1 aromatic rings. The highest BCUT2D eigenvalue weighted by Crippen LogP contribution is 2.11. The summed E-state index contributed by atoms with van der Waals surface area (Å²) in [5, 5.41) is 0. The minimum Gasteiger partial charge on any atom is -0.463 e. The molecule has 0 aliphatic rings. The predicted molar refractivity (Wildman–Crippen MR) is 85.4 cm³/mol. The van der Waals surface area contributed by atoms with Crippen LogP contribution in [0.25, 0.3) is 0 Å². The zero-order valence-corrected chi connectivity index (χ0v) is 13.1. The maximum Gasteiger partial charge on any atom is 0.330 e. The Bertz CT molecular complexity index is 495. The lowest BCUT2D eigenvalue weighted by atomic mass is 10.0. The summed E-state index contributed by atoms with van der Waals surface area (Å²) >= 11 is 0. The standard InChI is InChI=1S/C18H22O4/c1-3-21-17(19)13-7-11-15-9-5-6-10-16(15)12-8-14-18(20)22-4-2/h5-10,13-14H,3-4,11-12H2,1-2H3/b13-7+,14-8+. The molecule has 0 heterocycles. The number of allylic oxidation sites excluding steroid dienone is 2. The Kier molecular flexibility index (Phi) is 8.35. The van der Waals surface area contributed by atoms with Crippen molar-refractivity contribution < 1.29 is 19.1 Å². The first-order valence-corrected chi connectivity index (χ1v) is 7.40. The normalized spacial score (nSPS) is 11.0. The molecular weight excluding hydrogens is 280 g/mol. The van der Waals surface area contributed by atoms with E-state index in [0.717, 1.165) is 11.1 Å². The third kappa shape index (κ3) is 6.88. The largest absolute Gasteiger partial charge is 0.463 e. The maximum absolute atomic E-state index is 11.3. The molecular formula is C18H22O4. The van der Waals surface area contributed by atoms with Gasteiger partial charge in [-0.05, 0) is 37.8 Å². The van der Waals surface area contributed by atoms with Crippen molar-refractivity contribution in [1.82, 2.24) is 0 Å². The Morgan fingerprint density at radius 1 is 0.864 bits per heavy atom. The molecule has 4 nitrogen and oxygen atoms in total. The SMILES string of the molecule is CCOC(=O)/C=C/Cc1ccccc1C/C=C/C(=O)OCC. The Balaban J connectivity index is 2.62. The van der Waals surface area contributed by atoms with Crippen LogP contribution < -0.4 is 0 Å². The number of carbonyl (C=O) groups is 2. The van der Waals surface area contributed by atoms with E-state index in [1.807, 2.05) is 24.3 Å². The maximum atomic E-state index is 11.3. The lowest BCUT2D eigenvalue weighted by molar-refractivity contribution is -0.138. The molecule has 0 N–H and O–H groups in total. The fraction of sp³-hybridized carbons (Fsp3) is 0.333. The van der Waals surface area contributed by atoms with E-state index >= 15 is 0 Å². The summed E-state index contributed by atoms with van der Waals surface area (Å²) in [5.41, 5.74) is 2.22. The lowest BCUT2D eigenvalue weighted by Gasteiger charge is -2.05. The van der Waals surface area contributed by atoms with E-state index < -0.39 is 0 Å². The molecule has 0 atom stereocenters. The summed E-state index contributed by atoms with van der Waals surface area (Å²) in [6.45, 7) is 4.30. The second-order valence-electron chi connectivity index (χ2n) is 4.49. The van der Waals surface area contributed by atoms with Crippen LogP contribution in [0.5, 0.6) is 0 Å². The molecule has 0 aromatic heterocycles. The van der Waals surface area contributed by atoms with Gasteiger partial charge >= 0.3 is 11.9 Å². The van der Waals surface area contributed by atoms with Crippen molar-refractivity contribution in [3.63, 3.8) is 0 Å². The quantitative estimate of drug-likeness (QED) is 0.547. The highest BCUT2D eigenvalue weighted by molar-refractivity contribution is 5.82. The monoisotopic (exact) mass is 302 g/mol. The van der Waals surface area contributed by atoms with E-state index in [4.69, 9.17) is 9.47 Å². The average Bonchev–Trinajstić information content (AvgIpc) is 2.49. The third-order valence-corrected chi connectivity index (χ3v) is 2.87. The van der Waals surface area contributed by atoms with Gasteiger partial charge in [-0.1, -0.05) is 36.4 Å². The van der Waals surface area contributed by atoms with Gasteiger partial charge in [-0.2, -0.15) is 0 Å². The summed E-state index contributed by atoms with van der Waals surface area (Å²) < 4.78 is 9.67. The molecule has 0 aliphatic carbocycles. The van der Waals surface area contributed by atoms with Crippen molar-refractivity contribution in [2.75, 3.05) is 13.2 Å². The lowest BCUT2D eigenvalue weighted by Crippen LogP contribution is -2.00. The third-order valence-electron chi connectivity index (χ3n) is 2.87. The van der Waals surface area contributed by atoms with Crippen molar-refractivity contribution in [1.29, 1.82) is 0 Å². The first-order valence-electron chi connectivity index (χ1n) is 7.40. The number of esters is 2. The highest BCUT2D eigenvalue weighted by atomic mass is 16.5. The summed E-state index contributed by atoms with van der Waals surface area (Å²) in [6.07, 6.45) is 7.73. The highest BCUT2D eigenvalue weighted by Gasteiger charge is 2.00. The summed E-state index contributed by atoms with van der Waals surface area (Å²) in [5.74, 6) is -0.663. The van der Waals surface area contributed by atoms with E-state index in [2.05, 4.69) is 0 Å². The van der Waals surface area contributed by atoms with Crippen LogP contribution in [0.1, 0.15) is 25.0 Å². The molecule has 4 heteroatoms. The number of rotatable bonds is 8. The summed E-state index contributed by atoms with van der Waals surface area (Å²) in [6, 6.07) is 7.91. The number of carbonyl (C=O) groups excluding carboxylic acids is 2. The van der Waals surface area contributed by atoms with E-state index in [0.29, 0.717) is 26.1 Å². The Labute approximate surface area is 131 Å². The fourth-order valence-electron chi connectivity index (χ4n) is 1.90. The molecule has 0 spiro atoms. The second-order valence-corrected chi connectivity index (χ2v) is 4.49. The predicted octanol–water partition coefficient (Wildman–Crippen LogP) is 3.01. The Morgan fingerprint density at radius 3 is 1.64 bits per heavy atom. The van der Waals surface area contributed by atoms with Crippen molar-refractivity contribution in [3.05, 3.63) is 59.7 Å². The number of benzene rings is 1. The molecule has 22 heavy (non-hydrogen) atoms. The second kappa shape index (κ2) is 10.4. The van der Waals surface area contributed by atoms with Gasteiger partial charge in [0, 0.05) is 12.2 Å². The molecule has 0 amide bonds. The van der Waals surface area contributed by atoms with Crippen molar-refractivity contribution in [2.45, 2.75) is 26.7 Å². The number of hydrogen-bond acceptors (Lipinski definition) is 4. The van der Waals surface area contributed by atoms with Crippen LogP contribution >= 0.6 is 0 Å². The molecule has 1 rings (SSSR count). The van der Waals surface area contributed by atoms with Gasteiger partial charge in [-0.3, -0.25) is 0 Å². The van der Waals surface area contributed by atoms with E-state index in [1.54, 1.807) is 26.0 Å². The van der Waals surface area contributed by atoms with Gasteiger partial charge in [0.05, 0.1) is 13.2 Å².